The van der Waals surface area contributed by atoms with Gasteiger partial charge in [-0.05, 0) is 75.8 Å². The van der Waals surface area contributed by atoms with E-state index in [9.17, 15) is 14.4 Å². The maximum absolute atomic E-state index is 13.4. The van der Waals surface area contributed by atoms with Crippen molar-refractivity contribution in [2.75, 3.05) is 11.9 Å². The Morgan fingerprint density at radius 1 is 1.15 bits per heavy atom. The Bertz CT molecular complexity index is 1350. The predicted molar refractivity (Wildman–Crippen MR) is 135 cm³/mol. The highest BCUT2D eigenvalue weighted by Crippen LogP contribution is 2.39. The molecule has 0 saturated carbocycles. The van der Waals surface area contributed by atoms with E-state index in [4.69, 9.17) is 4.74 Å². The Morgan fingerprint density at radius 2 is 1.94 bits per heavy atom. The van der Waals surface area contributed by atoms with Crippen molar-refractivity contribution in [3.63, 3.8) is 0 Å². The number of hydrogen-bond donors (Lipinski definition) is 1. The first-order chi connectivity index (χ1) is 16.4. The zero-order chi connectivity index (χ0) is 24.0. The molecule has 9 heteroatoms. The van der Waals surface area contributed by atoms with Crippen LogP contribution in [-0.2, 0) is 41.8 Å². The van der Waals surface area contributed by atoms with Gasteiger partial charge in [-0.15, -0.1) is 22.7 Å². The van der Waals surface area contributed by atoms with Gasteiger partial charge in [0.15, 0.2) is 0 Å². The quantitative estimate of drug-likeness (QED) is 0.516. The summed E-state index contributed by atoms with van der Waals surface area (Å²) < 4.78 is 6.74. The second kappa shape index (κ2) is 9.26. The highest BCUT2D eigenvalue weighted by atomic mass is 32.1. The molecule has 3 aromatic heterocycles. The molecule has 5 rings (SSSR count). The summed E-state index contributed by atoms with van der Waals surface area (Å²) in [5, 5.41) is 4.11. The van der Waals surface area contributed by atoms with Crippen molar-refractivity contribution in [1.29, 1.82) is 0 Å². The average molecular weight is 500 g/mol. The third kappa shape index (κ3) is 4.09. The van der Waals surface area contributed by atoms with Crippen LogP contribution in [0.25, 0.3) is 10.2 Å². The molecule has 0 radical (unpaired) electrons. The number of nitrogens with one attached hydrogen (secondary N) is 1. The van der Waals surface area contributed by atoms with E-state index in [1.807, 2.05) is 0 Å². The molecule has 1 atom stereocenters. The van der Waals surface area contributed by atoms with Gasteiger partial charge in [0, 0.05) is 9.75 Å². The highest BCUT2D eigenvalue weighted by Gasteiger charge is 2.28. The van der Waals surface area contributed by atoms with Crippen LogP contribution in [0.2, 0.25) is 0 Å². The molecule has 0 spiro atoms. The van der Waals surface area contributed by atoms with E-state index >= 15 is 0 Å². The number of rotatable bonds is 5. The van der Waals surface area contributed by atoms with Gasteiger partial charge in [-0.1, -0.05) is 6.92 Å². The number of amides is 1. The second-order valence-electron chi connectivity index (χ2n) is 9.27. The zero-order valence-corrected chi connectivity index (χ0v) is 21.4. The summed E-state index contributed by atoms with van der Waals surface area (Å²) in [4.78, 5) is 47.1. The van der Waals surface area contributed by atoms with E-state index in [2.05, 4.69) is 17.2 Å². The monoisotopic (exact) mass is 499 g/mol. The van der Waals surface area contributed by atoms with E-state index in [1.165, 1.54) is 20.8 Å². The molecular formula is C25H29N3O4S2. The van der Waals surface area contributed by atoms with Crippen molar-refractivity contribution in [2.45, 2.75) is 72.3 Å². The predicted octanol–water partition coefficient (Wildman–Crippen LogP) is 4.65. The fourth-order valence-corrected chi connectivity index (χ4v) is 7.81. The van der Waals surface area contributed by atoms with Gasteiger partial charge in [-0.25, -0.2) is 9.78 Å². The zero-order valence-electron chi connectivity index (χ0n) is 19.8. The Labute approximate surface area is 206 Å². The molecule has 2 aliphatic rings. The summed E-state index contributed by atoms with van der Waals surface area (Å²) in [7, 11) is 0. The van der Waals surface area contributed by atoms with Gasteiger partial charge >= 0.3 is 5.97 Å². The van der Waals surface area contributed by atoms with Gasteiger partial charge in [-0.2, -0.15) is 0 Å². The van der Waals surface area contributed by atoms with E-state index < -0.39 is 5.97 Å². The number of anilines is 1. The van der Waals surface area contributed by atoms with Gasteiger partial charge in [0.05, 0.1) is 17.6 Å². The average Bonchev–Trinajstić information content (AvgIpc) is 3.33. The number of carbonyl (C=O) groups excluding carboxylic acids is 2. The molecule has 0 aliphatic heterocycles. The van der Waals surface area contributed by atoms with Crippen LogP contribution in [0, 0.1) is 12.8 Å². The summed E-state index contributed by atoms with van der Waals surface area (Å²) in [5.41, 5.74) is 2.44. The fraction of sp³-hybridized carbons (Fsp3) is 0.520. The Hall–Kier alpha value is -2.52. The summed E-state index contributed by atoms with van der Waals surface area (Å²) in [6, 6.07) is 0. The number of nitrogens with zero attached hydrogens (tertiary/aromatic N) is 2. The van der Waals surface area contributed by atoms with Crippen molar-refractivity contribution < 1.29 is 14.3 Å². The third-order valence-electron chi connectivity index (χ3n) is 6.81. The molecule has 3 aromatic rings. The van der Waals surface area contributed by atoms with Gasteiger partial charge in [0.1, 0.15) is 22.2 Å². The summed E-state index contributed by atoms with van der Waals surface area (Å²) >= 11 is 3.06. The molecule has 34 heavy (non-hydrogen) atoms. The van der Waals surface area contributed by atoms with Crippen LogP contribution < -0.4 is 10.9 Å². The lowest BCUT2D eigenvalue weighted by Crippen LogP contribution is -2.30. The minimum absolute atomic E-state index is 0.139. The first kappa shape index (κ1) is 23.2. The first-order valence-corrected chi connectivity index (χ1v) is 13.6. The lowest BCUT2D eigenvalue weighted by molar-refractivity contribution is -0.116. The van der Waals surface area contributed by atoms with Crippen LogP contribution in [0.15, 0.2) is 4.79 Å². The minimum atomic E-state index is -0.396. The van der Waals surface area contributed by atoms with E-state index in [0.29, 0.717) is 27.7 Å². The molecule has 7 nitrogen and oxygen atoms in total. The SMILES string of the molecule is CCOC(=O)c1c(NC(=O)Cn2c(C)nc3sc4c(c3c2=O)CCC(C)C4)sc2c1CCCC2. The molecule has 0 saturated heterocycles. The summed E-state index contributed by atoms with van der Waals surface area (Å²) in [6.07, 6.45) is 6.74. The molecule has 1 N–H and O–H groups in total. The van der Waals surface area contributed by atoms with Crippen LogP contribution in [0.1, 0.15) is 70.2 Å². The smallest absolute Gasteiger partial charge is 0.341 e. The molecule has 3 heterocycles. The number of fused-ring (bicyclic) bond motifs is 4. The number of aromatic nitrogens is 2. The number of thiophene rings is 2. The van der Waals surface area contributed by atoms with E-state index in [0.717, 1.165) is 65.8 Å². The largest absolute Gasteiger partial charge is 0.462 e. The summed E-state index contributed by atoms with van der Waals surface area (Å²) in [6.45, 7) is 5.92. The normalized spacial score (nSPS) is 17.3. The number of esters is 1. The molecular weight excluding hydrogens is 470 g/mol. The van der Waals surface area contributed by atoms with Crippen molar-refractivity contribution >= 4 is 49.8 Å². The molecule has 0 aromatic carbocycles. The standard InChI is InChI=1S/C25H29N3O4S2/c1-4-32-25(31)21-15-7-5-6-8-17(15)33-23(21)27-19(29)12-28-14(3)26-22-20(24(28)30)16-10-9-13(2)11-18(16)34-22/h13H,4-12H2,1-3H3,(H,27,29). The maximum Gasteiger partial charge on any atom is 0.341 e. The van der Waals surface area contributed by atoms with Crippen LogP contribution in [0.3, 0.4) is 0 Å². The van der Waals surface area contributed by atoms with Gasteiger partial charge in [0.2, 0.25) is 5.91 Å². The van der Waals surface area contributed by atoms with Crippen LogP contribution in [-0.4, -0.2) is 28.0 Å². The molecule has 0 fully saturated rings. The number of carbonyl (C=O) groups is 2. The Kier molecular flexibility index (Phi) is 6.33. The van der Waals surface area contributed by atoms with E-state index in [1.54, 1.807) is 25.2 Å². The number of aryl methyl sites for hydroxylation is 3. The lowest BCUT2D eigenvalue weighted by Gasteiger charge is -2.17. The van der Waals surface area contributed by atoms with Crippen LogP contribution in [0.5, 0.6) is 0 Å². The van der Waals surface area contributed by atoms with Crippen molar-refractivity contribution in [3.05, 3.63) is 42.6 Å². The highest BCUT2D eigenvalue weighted by molar-refractivity contribution is 7.18. The van der Waals surface area contributed by atoms with Crippen LogP contribution in [0.4, 0.5) is 5.00 Å². The van der Waals surface area contributed by atoms with Crippen molar-refractivity contribution in [2.24, 2.45) is 5.92 Å². The molecule has 1 amide bonds. The van der Waals surface area contributed by atoms with Crippen LogP contribution >= 0.6 is 22.7 Å². The van der Waals surface area contributed by atoms with Crippen molar-refractivity contribution in [1.82, 2.24) is 9.55 Å². The van der Waals surface area contributed by atoms with Gasteiger partial charge < -0.3 is 10.1 Å². The Morgan fingerprint density at radius 3 is 2.74 bits per heavy atom. The fourth-order valence-electron chi connectivity index (χ4n) is 5.09. The van der Waals surface area contributed by atoms with Crippen molar-refractivity contribution in [3.8, 4) is 0 Å². The maximum atomic E-state index is 13.4. The molecule has 0 bridgehead atoms. The number of hydrogen-bond acceptors (Lipinski definition) is 7. The minimum Gasteiger partial charge on any atom is -0.462 e. The first-order valence-electron chi connectivity index (χ1n) is 12.0. The van der Waals surface area contributed by atoms with E-state index in [-0.39, 0.29) is 24.6 Å². The molecule has 2 aliphatic carbocycles. The molecule has 180 valence electrons. The van der Waals surface area contributed by atoms with Gasteiger partial charge in [0.25, 0.3) is 5.56 Å². The topological polar surface area (TPSA) is 90.3 Å². The summed E-state index contributed by atoms with van der Waals surface area (Å²) in [5.74, 6) is 0.399. The lowest BCUT2D eigenvalue weighted by atomic mass is 9.89. The third-order valence-corrected chi connectivity index (χ3v) is 9.17. The number of ether oxygens (including phenoxy) is 1. The second-order valence-corrected chi connectivity index (χ2v) is 11.5. The van der Waals surface area contributed by atoms with Gasteiger partial charge in [-0.3, -0.25) is 14.2 Å². The molecule has 1 unspecified atom stereocenters. The Balaban J connectivity index is 1.46.